The van der Waals surface area contributed by atoms with Gasteiger partial charge in [-0.3, -0.25) is 9.59 Å². The van der Waals surface area contributed by atoms with Crippen LogP contribution in [-0.2, 0) is 4.79 Å². The van der Waals surface area contributed by atoms with Crippen LogP contribution in [0.5, 0.6) is 5.75 Å². The Morgan fingerprint density at radius 3 is 2.79 bits per heavy atom. The average Bonchev–Trinajstić information content (AvgIpc) is 2.79. The maximum absolute atomic E-state index is 12.4. The number of carbonyl (C=O) groups is 2. The van der Waals surface area contributed by atoms with Gasteiger partial charge in [-0.05, 0) is 43.5 Å². The van der Waals surface area contributed by atoms with E-state index in [2.05, 4.69) is 0 Å². The molecule has 1 heterocycles. The highest BCUT2D eigenvalue weighted by atomic mass is 16.4. The third-order valence-electron chi connectivity index (χ3n) is 3.49. The minimum absolute atomic E-state index is 0.0111. The number of phenols is 1. The highest BCUT2D eigenvalue weighted by Gasteiger charge is 2.30. The Kier molecular flexibility index (Phi) is 3.74. The molecule has 1 aliphatic heterocycles. The number of carbonyl (C=O) groups excluding carboxylic acids is 1. The smallest absolute Gasteiger partial charge is 0.305 e. The molecule has 1 fully saturated rings. The van der Waals surface area contributed by atoms with Crippen LogP contribution in [0.25, 0.3) is 0 Å². The molecule has 5 heteroatoms. The molecule has 1 unspecified atom stereocenters. The third-order valence-corrected chi connectivity index (χ3v) is 3.49. The zero-order chi connectivity index (χ0) is 14.0. The highest BCUT2D eigenvalue weighted by Crippen LogP contribution is 2.24. The molecule has 0 aliphatic carbocycles. The summed E-state index contributed by atoms with van der Waals surface area (Å²) < 4.78 is 0. The molecule has 0 bridgehead atoms. The van der Waals surface area contributed by atoms with Crippen molar-refractivity contribution >= 4 is 11.9 Å². The van der Waals surface area contributed by atoms with Crippen molar-refractivity contribution in [1.29, 1.82) is 0 Å². The van der Waals surface area contributed by atoms with Crippen LogP contribution >= 0.6 is 0 Å². The van der Waals surface area contributed by atoms with Crippen molar-refractivity contribution < 1.29 is 19.8 Å². The van der Waals surface area contributed by atoms with Gasteiger partial charge in [0.2, 0.25) is 0 Å². The van der Waals surface area contributed by atoms with Gasteiger partial charge in [0.1, 0.15) is 5.75 Å². The number of benzene rings is 1. The number of carboxylic acids is 1. The van der Waals surface area contributed by atoms with E-state index in [0.717, 1.165) is 12.8 Å². The summed E-state index contributed by atoms with van der Waals surface area (Å²) in [6, 6.07) is 4.47. The van der Waals surface area contributed by atoms with E-state index in [0.29, 0.717) is 17.7 Å². The second-order valence-electron chi connectivity index (χ2n) is 4.89. The summed E-state index contributed by atoms with van der Waals surface area (Å²) in [4.78, 5) is 24.8. The third kappa shape index (κ3) is 2.86. The minimum atomic E-state index is -0.883. The van der Waals surface area contributed by atoms with E-state index >= 15 is 0 Å². The number of aryl methyl sites for hydroxylation is 1. The first-order valence-electron chi connectivity index (χ1n) is 6.31. The van der Waals surface area contributed by atoms with Gasteiger partial charge in [-0.25, -0.2) is 0 Å². The molecule has 102 valence electrons. The molecular weight excluding hydrogens is 246 g/mol. The molecule has 1 atom stereocenters. The molecule has 2 rings (SSSR count). The molecule has 0 radical (unpaired) electrons. The minimum Gasteiger partial charge on any atom is -0.508 e. The van der Waals surface area contributed by atoms with Crippen LogP contribution < -0.4 is 0 Å². The Labute approximate surface area is 111 Å². The molecule has 5 nitrogen and oxygen atoms in total. The van der Waals surface area contributed by atoms with Crippen molar-refractivity contribution in [2.75, 3.05) is 6.54 Å². The van der Waals surface area contributed by atoms with E-state index in [1.54, 1.807) is 24.0 Å². The summed E-state index contributed by atoms with van der Waals surface area (Å²) in [5.41, 5.74) is 1.13. The predicted octanol–water partition coefficient (Wildman–Crippen LogP) is 1.78. The highest BCUT2D eigenvalue weighted by molar-refractivity contribution is 5.95. The number of carboxylic acid groups (broad SMARTS) is 1. The summed E-state index contributed by atoms with van der Waals surface area (Å²) in [7, 11) is 0. The Morgan fingerprint density at radius 2 is 2.16 bits per heavy atom. The molecule has 0 spiro atoms. The molecule has 1 aromatic carbocycles. The number of aromatic hydroxyl groups is 1. The van der Waals surface area contributed by atoms with Crippen LogP contribution in [0.4, 0.5) is 0 Å². The second-order valence-corrected chi connectivity index (χ2v) is 4.89. The molecule has 1 saturated heterocycles. The van der Waals surface area contributed by atoms with Crippen molar-refractivity contribution in [1.82, 2.24) is 4.90 Å². The van der Waals surface area contributed by atoms with E-state index in [4.69, 9.17) is 5.11 Å². The van der Waals surface area contributed by atoms with Crippen LogP contribution in [0.2, 0.25) is 0 Å². The molecule has 2 N–H and O–H groups in total. The summed E-state index contributed by atoms with van der Waals surface area (Å²) in [6.45, 7) is 2.32. The van der Waals surface area contributed by atoms with Crippen LogP contribution in [0.1, 0.15) is 35.2 Å². The van der Waals surface area contributed by atoms with Crippen molar-refractivity contribution in [2.45, 2.75) is 32.2 Å². The van der Waals surface area contributed by atoms with E-state index in [-0.39, 0.29) is 24.1 Å². The first kappa shape index (κ1) is 13.4. The zero-order valence-corrected chi connectivity index (χ0v) is 10.8. The van der Waals surface area contributed by atoms with Crippen LogP contribution in [0.3, 0.4) is 0 Å². The molecular formula is C14H17NO4. The number of amides is 1. The normalized spacial score (nSPS) is 18.6. The van der Waals surface area contributed by atoms with Gasteiger partial charge in [0.25, 0.3) is 5.91 Å². The van der Waals surface area contributed by atoms with Crippen LogP contribution in [0, 0.1) is 6.92 Å². The molecule has 1 amide bonds. The van der Waals surface area contributed by atoms with Gasteiger partial charge in [0.15, 0.2) is 0 Å². The molecule has 19 heavy (non-hydrogen) atoms. The molecule has 1 aromatic rings. The van der Waals surface area contributed by atoms with Gasteiger partial charge in [-0.1, -0.05) is 0 Å². The maximum atomic E-state index is 12.4. The number of hydrogen-bond acceptors (Lipinski definition) is 3. The number of likely N-dealkylation sites (tertiary alicyclic amines) is 1. The molecule has 0 saturated carbocycles. The Bertz CT molecular complexity index is 512. The summed E-state index contributed by atoms with van der Waals surface area (Å²) in [6.07, 6.45) is 1.55. The lowest BCUT2D eigenvalue weighted by Gasteiger charge is -2.23. The quantitative estimate of drug-likeness (QED) is 0.871. The lowest BCUT2D eigenvalue weighted by molar-refractivity contribution is -0.137. The SMILES string of the molecule is Cc1cc(C(=O)N2CCCC2CC(=O)O)ccc1O. The Balaban J connectivity index is 2.18. The standard InChI is InChI=1S/C14H17NO4/c1-9-7-10(4-5-12(9)16)14(19)15-6-2-3-11(15)8-13(17)18/h4-5,7,11,16H,2-3,6,8H2,1H3,(H,17,18). The maximum Gasteiger partial charge on any atom is 0.305 e. The lowest BCUT2D eigenvalue weighted by Crippen LogP contribution is -2.36. The van der Waals surface area contributed by atoms with Gasteiger partial charge in [0, 0.05) is 18.2 Å². The first-order valence-corrected chi connectivity index (χ1v) is 6.31. The predicted molar refractivity (Wildman–Crippen MR) is 69.2 cm³/mol. The zero-order valence-electron chi connectivity index (χ0n) is 10.8. The summed E-state index contributed by atoms with van der Waals surface area (Å²) >= 11 is 0. The van der Waals surface area contributed by atoms with Gasteiger partial charge in [-0.2, -0.15) is 0 Å². The number of rotatable bonds is 3. The van der Waals surface area contributed by atoms with Gasteiger partial charge in [-0.15, -0.1) is 0 Å². The second kappa shape index (κ2) is 5.30. The lowest BCUT2D eigenvalue weighted by atomic mass is 10.1. The monoisotopic (exact) mass is 263 g/mol. The van der Waals surface area contributed by atoms with Crippen LogP contribution in [-0.4, -0.2) is 39.6 Å². The van der Waals surface area contributed by atoms with Gasteiger partial charge < -0.3 is 15.1 Å². The van der Waals surface area contributed by atoms with E-state index in [1.165, 1.54) is 6.07 Å². The fraction of sp³-hybridized carbons (Fsp3) is 0.429. The number of phenolic OH excluding ortho intramolecular Hbond substituents is 1. The van der Waals surface area contributed by atoms with Gasteiger partial charge >= 0.3 is 5.97 Å². The van der Waals surface area contributed by atoms with Crippen molar-refractivity contribution in [3.8, 4) is 5.75 Å². The van der Waals surface area contributed by atoms with Gasteiger partial charge in [0.05, 0.1) is 6.42 Å². The average molecular weight is 263 g/mol. The van der Waals surface area contributed by atoms with Crippen molar-refractivity contribution in [2.24, 2.45) is 0 Å². The number of hydrogen-bond donors (Lipinski definition) is 2. The van der Waals surface area contributed by atoms with E-state index in [1.807, 2.05) is 0 Å². The Hall–Kier alpha value is -2.04. The fourth-order valence-electron chi connectivity index (χ4n) is 2.47. The molecule has 0 aromatic heterocycles. The number of nitrogens with zero attached hydrogens (tertiary/aromatic N) is 1. The summed E-state index contributed by atoms with van der Waals surface area (Å²) in [5.74, 6) is -0.890. The fourth-order valence-corrected chi connectivity index (χ4v) is 2.47. The summed E-state index contributed by atoms with van der Waals surface area (Å²) in [5, 5.41) is 18.3. The van der Waals surface area contributed by atoms with Crippen molar-refractivity contribution in [3.05, 3.63) is 29.3 Å². The topological polar surface area (TPSA) is 77.8 Å². The number of aliphatic carboxylic acids is 1. The van der Waals surface area contributed by atoms with Crippen molar-refractivity contribution in [3.63, 3.8) is 0 Å². The first-order chi connectivity index (χ1) is 8.99. The largest absolute Gasteiger partial charge is 0.508 e. The van der Waals surface area contributed by atoms with E-state index in [9.17, 15) is 14.7 Å². The van der Waals surface area contributed by atoms with Crippen LogP contribution in [0.15, 0.2) is 18.2 Å². The Morgan fingerprint density at radius 1 is 1.42 bits per heavy atom. The molecule has 1 aliphatic rings. The van der Waals surface area contributed by atoms with E-state index < -0.39 is 5.97 Å².